The number of hydrogen-bond acceptors (Lipinski definition) is 3. The molecule has 2 heterocycles. The van der Waals surface area contributed by atoms with Crippen molar-refractivity contribution in [1.29, 1.82) is 0 Å². The van der Waals surface area contributed by atoms with E-state index in [1.807, 2.05) is 31.2 Å². The Morgan fingerprint density at radius 3 is 3.00 bits per heavy atom. The van der Waals surface area contributed by atoms with E-state index in [4.69, 9.17) is 16.0 Å². The van der Waals surface area contributed by atoms with Gasteiger partial charge in [0.2, 0.25) is 0 Å². The van der Waals surface area contributed by atoms with Gasteiger partial charge in [-0.25, -0.2) is 0 Å². The van der Waals surface area contributed by atoms with Crippen molar-refractivity contribution in [3.05, 3.63) is 57.5 Å². The standard InChI is InChI=1S/C15H12BrClN2O/c1-9-7-12(17)15(10-3-2-5-18-14(9)10)19-8-13-11(16)4-6-20-13/h2-7,19H,8H2,1H3. The summed E-state index contributed by atoms with van der Waals surface area (Å²) in [5.74, 6) is 0.832. The maximum atomic E-state index is 6.36. The fraction of sp³-hybridized carbons (Fsp3) is 0.133. The smallest absolute Gasteiger partial charge is 0.136 e. The zero-order chi connectivity index (χ0) is 14.1. The predicted octanol–water partition coefficient (Wildman–Crippen LogP) is 5.16. The van der Waals surface area contributed by atoms with Crippen LogP contribution in [-0.2, 0) is 6.54 Å². The largest absolute Gasteiger partial charge is 0.466 e. The molecule has 0 saturated carbocycles. The van der Waals surface area contributed by atoms with E-state index < -0.39 is 0 Å². The topological polar surface area (TPSA) is 38.1 Å². The van der Waals surface area contributed by atoms with E-state index in [0.29, 0.717) is 11.6 Å². The Morgan fingerprint density at radius 1 is 1.40 bits per heavy atom. The lowest BCUT2D eigenvalue weighted by atomic mass is 10.1. The Morgan fingerprint density at radius 2 is 2.25 bits per heavy atom. The van der Waals surface area contributed by atoms with Crippen LogP contribution in [0.1, 0.15) is 11.3 Å². The molecule has 20 heavy (non-hydrogen) atoms. The molecule has 0 bridgehead atoms. The first-order valence-electron chi connectivity index (χ1n) is 6.16. The van der Waals surface area contributed by atoms with Gasteiger partial charge in [-0.05, 0) is 52.7 Å². The van der Waals surface area contributed by atoms with Gasteiger partial charge in [0.15, 0.2) is 0 Å². The molecule has 0 saturated heterocycles. The number of anilines is 1. The highest BCUT2D eigenvalue weighted by Crippen LogP contribution is 2.33. The average Bonchev–Trinajstić information content (AvgIpc) is 2.84. The van der Waals surface area contributed by atoms with Gasteiger partial charge in [0.05, 0.1) is 33.5 Å². The molecule has 0 aliphatic carbocycles. The third-order valence-corrected chi connectivity index (χ3v) is 4.15. The van der Waals surface area contributed by atoms with Gasteiger partial charge in [-0.3, -0.25) is 4.98 Å². The number of hydrogen-bond donors (Lipinski definition) is 1. The average molecular weight is 352 g/mol. The van der Waals surface area contributed by atoms with Gasteiger partial charge < -0.3 is 9.73 Å². The van der Waals surface area contributed by atoms with Crippen molar-refractivity contribution in [2.24, 2.45) is 0 Å². The third kappa shape index (κ3) is 2.41. The second-order valence-corrected chi connectivity index (χ2v) is 5.76. The molecule has 0 aliphatic heterocycles. The summed E-state index contributed by atoms with van der Waals surface area (Å²) < 4.78 is 6.33. The number of benzene rings is 1. The Labute approximate surface area is 130 Å². The molecule has 0 fully saturated rings. The first-order chi connectivity index (χ1) is 9.66. The zero-order valence-corrected chi connectivity index (χ0v) is 13.1. The van der Waals surface area contributed by atoms with Gasteiger partial charge in [-0.1, -0.05) is 11.6 Å². The SMILES string of the molecule is Cc1cc(Cl)c(NCc2occc2Br)c2cccnc12. The number of fused-ring (bicyclic) bond motifs is 1. The van der Waals surface area contributed by atoms with Crippen LogP contribution in [-0.4, -0.2) is 4.98 Å². The normalized spacial score (nSPS) is 10.9. The molecular weight excluding hydrogens is 340 g/mol. The zero-order valence-electron chi connectivity index (χ0n) is 10.8. The van der Waals surface area contributed by atoms with Gasteiger partial charge in [-0.15, -0.1) is 0 Å². The van der Waals surface area contributed by atoms with Crippen LogP contribution in [0, 0.1) is 6.92 Å². The molecule has 3 rings (SSSR count). The van der Waals surface area contributed by atoms with Gasteiger partial charge in [0.25, 0.3) is 0 Å². The van der Waals surface area contributed by atoms with Crippen molar-refractivity contribution in [1.82, 2.24) is 4.98 Å². The molecule has 5 heteroatoms. The first kappa shape index (κ1) is 13.5. The minimum atomic E-state index is 0.556. The Bertz CT molecular complexity index is 770. The number of rotatable bonds is 3. The van der Waals surface area contributed by atoms with Crippen molar-refractivity contribution < 1.29 is 4.42 Å². The van der Waals surface area contributed by atoms with Crippen LogP contribution in [0.4, 0.5) is 5.69 Å². The van der Waals surface area contributed by atoms with Gasteiger partial charge in [-0.2, -0.15) is 0 Å². The molecular formula is C15H12BrClN2O. The summed E-state index contributed by atoms with van der Waals surface area (Å²) >= 11 is 9.80. The van der Waals surface area contributed by atoms with E-state index in [9.17, 15) is 0 Å². The quantitative estimate of drug-likeness (QED) is 0.708. The van der Waals surface area contributed by atoms with Crippen LogP contribution in [0.3, 0.4) is 0 Å². The molecule has 0 aliphatic rings. The van der Waals surface area contributed by atoms with E-state index in [0.717, 1.165) is 32.4 Å². The summed E-state index contributed by atoms with van der Waals surface area (Å²) in [5.41, 5.74) is 2.90. The van der Waals surface area contributed by atoms with E-state index in [-0.39, 0.29) is 0 Å². The number of pyridine rings is 1. The fourth-order valence-electron chi connectivity index (χ4n) is 2.18. The number of furan rings is 1. The molecule has 3 aromatic rings. The molecule has 2 aromatic heterocycles. The van der Waals surface area contributed by atoms with Crippen LogP contribution < -0.4 is 5.32 Å². The summed E-state index contributed by atoms with van der Waals surface area (Å²) in [7, 11) is 0. The number of aryl methyl sites for hydroxylation is 1. The van der Waals surface area contributed by atoms with E-state index in [1.54, 1.807) is 12.5 Å². The van der Waals surface area contributed by atoms with Crippen molar-refractivity contribution in [3.63, 3.8) is 0 Å². The Kier molecular flexibility index (Phi) is 3.68. The lowest BCUT2D eigenvalue weighted by Crippen LogP contribution is -2.01. The van der Waals surface area contributed by atoms with Crippen LogP contribution in [0.25, 0.3) is 10.9 Å². The van der Waals surface area contributed by atoms with Crippen LogP contribution >= 0.6 is 27.5 Å². The number of aromatic nitrogens is 1. The number of halogens is 2. The maximum absolute atomic E-state index is 6.36. The van der Waals surface area contributed by atoms with E-state index in [2.05, 4.69) is 26.2 Å². The second-order valence-electron chi connectivity index (χ2n) is 4.50. The summed E-state index contributed by atoms with van der Waals surface area (Å²) in [6.45, 7) is 2.56. The van der Waals surface area contributed by atoms with Gasteiger partial charge >= 0.3 is 0 Å². The number of nitrogens with one attached hydrogen (secondary N) is 1. The first-order valence-corrected chi connectivity index (χ1v) is 7.33. The van der Waals surface area contributed by atoms with E-state index in [1.165, 1.54) is 0 Å². The highest BCUT2D eigenvalue weighted by atomic mass is 79.9. The molecule has 0 atom stereocenters. The van der Waals surface area contributed by atoms with Crippen LogP contribution in [0.15, 0.2) is 45.6 Å². The summed E-state index contributed by atoms with van der Waals surface area (Å²) in [5, 5.41) is 5.03. The monoisotopic (exact) mass is 350 g/mol. The lowest BCUT2D eigenvalue weighted by molar-refractivity contribution is 0.516. The Hall–Kier alpha value is -1.52. The van der Waals surface area contributed by atoms with Crippen molar-refractivity contribution in [2.45, 2.75) is 13.5 Å². The van der Waals surface area contributed by atoms with Gasteiger partial charge in [0, 0.05) is 11.6 Å². The minimum absolute atomic E-state index is 0.556. The molecule has 0 unspecified atom stereocenters. The molecule has 1 aromatic carbocycles. The van der Waals surface area contributed by atoms with Crippen LogP contribution in [0.2, 0.25) is 5.02 Å². The summed E-state index contributed by atoms with van der Waals surface area (Å²) in [6, 6.07) is 7.72. The summed E-state index contributed by atoms with van der Waals surface area (Å²) in [6.07, 6.45) is 3.44. The predicted molar refractivity (Wildman–Crippen MR) is 85.2 cm³/mol. The fourth-order valence-corrected chi connectivity index (χ4v) is 2.85. The highest BCUT2D eigenvalue weighted by molar-refractivity contribution is 9.10. The molecule has 0 radical (unpaired) electrons. The molecule has 3 nitrogen and oxygen atoms in total. The van der Waals surface area contributed by atoms with Crippen molar-refractivity contribution in [2.75, 3.05) is 5.32 Å². The van der Waals surface area contributed by atoms with Crippen LogP contribution in [0.5, 0.6) is 0 Å². The maximum Gasteiger partial charge on any atom is 0.136 e. The second kappa shape index (κ2) is 5.46. The van der Waals surface area contributed by atoms with E-state index >= 15 is 0 Å². The Balaban J connectivity index is 2.01. The highest BCUT2D eigenvalue weighted by Gasteiger charge is 2.11. The minimum Gasteiger partial charge on any atom is -0.466 e. The number of nitrogens with zero attached hydrogens (tertiary/aromatic N) is 1. The van der Waals surface area contributed by atoms with Crippen molar-refractivity contribution >= 4 is 44.1 Å². The van der Waals surface area contributed by atoms with Gasteiger partial charge in [0.1, 0.15) is 5.76 Å². The third-order valence-electron chi connectivity index (χ3n) is 3.15. The lowest BCUT2D eigenvalue weighted by Gasteiger charge is -2.12. The molecule has 0 amide bonds. The molecule has 1 N–H and O–H groups in total. The van der Waals surface area contributed by atoms with Crippen molar-refractivity contribution in [3.8, 4) is 0 Å². The molecule has 0 spiro atoms. The molecule has 102 valence electrons. The summed E-state index contributed by atoms with van der Waals surface area (Å²) in [4.78, 5) is 4.41.